The highest BCUT2D eigenvalue weighted by molar-refractivity contribution is 14.0. The normalized spacial score (nSPS) is 10.9. The molecule has 2 aromatic heterocycles. The molecule has 7 nitrogen and oxygen atoms in total. The van der Waals surface area contributed by atoms with E-state index in [1.54, 1.807) is 23.5 Å². The fourth-order valence-electron chi connectivity index (χ4n) is 2.64. The molecule has 9 heteroatoms. The Bertz CT molecular complexity index is 939. The zero-order chi connectivity index (χ0) is 20.5. The minimum Gasteiger partial charge on any atom is -0.459 e. The number of thiazole rings is 1. The van der Waals surface area contributed by atoms with Crippen LogP contribution in [-0.4, -0.2) is 29.9 Å². The van der Waals surface area contributed by atoms with Crippen molar-refractivity contribution >= 4 is 52.9 Å². The van der Waals surface area contributed by atoms with Crippen LogP contribution in [0.25, 0.3) is 0 Å². The first-order chi connectivity index (χ1) is 14.1. The molecule has 3 rings (SSSR count). The van der Waals surface area contributed by atoms with Gasteiger partial charge in [0.25, 0.3) is 5.91 Å². The van der Waals surface area contributed by atoms with Crippen molar-refractivity contribution in [2.75, 3.05) is 18.4 Å². The van der Waals surface area contributed by atoms with Crippen LogP contribution in [0.5, 0.6) is 0 Å². The summed E-state index contributed by atoms with van der Waals surface area (Å²) >= 11 is 1.67. The number of amides is 1. The van der Waals surface area contributed by atoms with Crippen LogP contribution in [0.3, 0.4) is 0 Å². The number of nitrogens with zero attached hydrogens (tertiary/aromatic N) is 2. The molecule has 0 radical (unpaired) electrons. The standard InChI is InChI=1S/C21H25N5O2S.HI/c1-3-22-21(23-11-10-18-14-29-15(2)25-18)24-13-16-6-8-17(9-7-16)26-20(27)19-5-4-12-28-19;/h4-9,12,14H,3,10-11,13H2,1-2H3,(H,26,27)(H2,22,23,24);1H. The number of aryl methyl sites for hydroxylation is 1. The second kappa shape index (κ2) is 12.3. The summed E-state index contributed by atoms with van der Waals surface area (Å²) in [7, 11) is 0. The number of guanidine groups is 1. The van der Waals surface area contributed by atoms with Crippen LogP contribution in [0.2, 0.25) is 0 Å². The van der Waals surface area contributed by atoms with Gasteiger partial charge in [0, 0.05) is 30.6 Å². The maximum Gasteiger partial charge on any atom is 0.291 e. The van der Waals surface area contributed by atoms with E-state index in [1.807, 2.05) is 38.1 Å². The largest absolute Gasteiger partial charge is 0.459 e. The van der Waals surface area contributed by atoms with Gasteiger partial charge < -0.3 is 20.4 Å². The van der Waals surface area contributed by atoms with Crippen molar-refractivity contribution in [2.24, 2.45) is 4.99 Å². The van der Waals surface area contributed by atoms with Gasteiger partial charge in [-0.05, 0) is 43.7 Å². The number of aromatic nitrogens is 1. The minimum atomic E-state index is -0.269. The first kappa shape index (κ1) is 23.9. The molecule has 0 spiro atoms. The van der Waals surface area contributed by atoms with Crippen LogP contribution >= 0.6 is 35.3 Å². The van der Waals surface area contributed by atoms with Gasteiger partial charge in [-0.2, -0.15) is 0 Å². The van der Waals surface area contributed by atoms with Crippen LogP contribution in [0.4, 0.5) is 5.69 Å². The molecule has 0 aliphatic rings. The molecule has 3 N–H and O–H groups in total. The van der Waals surface area contributed by atoms with Gasteiger partial charge >= 0.3 is 0 Å². The molecule has 0 aliphatic carbocycles. The van der Waals surface area contributed by atoms with E-state index in [4.69, 9.17) is 4.42 Å². The quantitative estimate of drug-likeness (QED) is 0.227. The molecule has 30 heavy (non-hydrogen) atoms. The van der Waals surface area contributed by atoms with Gasteiger partial charge in [0.05, 0.1) is 23.5 Å². The molecule has 0 unspecified atom stereocenters. The van der Waals surface area contributed by atoms with Crippen LogP contribution in [0.15, 0.2) is 57.5 Å². The Kier molecular flexibility index (Phi) is 9.81. The number of carbonyl (C=O) groups excluding carboxylic acids is 1. The molecule has 0 saturated carbocycles. The van der Waals surface area contributed by atoms with Crippen molar-refractivity contribution in [2.45, 2.75) is 26.8 Å². The number of nitrogens with one attached hydrogen (secondary N) is 3. The molecule has 0 aliphatic heterocycles. The SMILES string of the molecule is CCNC(=NCc1ccc(NC(=O)c2ccco2)cc1)NCCc1csc(C)n1.I. The molecule has 1 amide bonds. The number of hydrogen-bond acceptors (Lipinski definition) is 5. The molecular formula is C21H26IN5O2S. The lowest BCUT2D eigenvalue weighted by Crippen LogP contribution is -2.38. The lowest BCUT2D eigenvalue weighted by molar-refractivity contribution is 0.0996. The van der Waals surface area contributed by atoms with Gasteiger partial charge in [0.15, 0.2) is 11.7 Å². The number of halogens is 1. The summed E-state index contributed by atoms with van der Waals surface area (Å²) in [5.41, 5.74) is 2.86. The average molecular weight is 539 g/mol. The Hall–Kier alpha value is -2.40. The third-order valence-electron chi connectivity index (χ3n) is 4.06. The third-order valence-corrected chi connectivity index (χ3v) is 4.88. The predicted octanol–water partition coefficient (Wildman–Crippen LogP) is 4.21. The average Bonchev–Trinajstić information content (AvgIpc) is 3.39. The van der Waals surface area contributed by atoms with Gasteiger partial charge in [-0.25, -0.2) is 9.98 Å². The molecule has 0 fully saturated rings. The Morgan fingerprint density at radius 2 is 2.00 bits per heavy atom. The van der Waals surface area contributed by atoms with E-state index >= 15 is 0 Å². The summed E-state index contributed by atoms with van der Waals surface area (Å²) in [6.07, 6.45) is 2.34. The number of anilines is 1. The van der Waals surface area contributed by atoms with Crippen LogP contribution < -0.4 is 16.0 Å². The lowest BCUT2D eigenvalue weighted by atomic mass is 10.2. The smallest absolute Gasteiger partial charge is 0.291 e. The first-order valence-electron chi connectivity index (χ1n) is 9.51. The number of hydrogen-bond donors (Lipinski definition) is 3. The summed E-state index contributed by atoms with van der Waals surface area (Å²) in [5, 5.41) is 12.6. The predicted molar refractivity (Wildman–Crippen MR) is 132 cm³/mol. The first-order valence-corrected chi connectivity index (χ1v) is 10.4. The topological polar surface area (TPSA) is 91.5 Å². The van der Waals surface area contributed by atoms with E-state index < -0.39 is 0 Å². The zero-order valence-electron chi connectivity index (χ0n) is 17.0. The highest BCUT2D eigenvalue weighted by Gasteiger charge is 2.08. The maximum absolute atomic E-state index is 12.0. The molecule has 1 aromatic carbocycles. The Labute approximate surface area is 197 Å². The number of furan rings is 1. The van der Waals surface area contributed by atoms with Crippen molar-refractivity contribution in [3.05, 3.63) is 70.1 Å². The number of aliphatic imine (C=N–C) groups is 1. The van der Waals surface area contributed by atoms with Crippen molar-refractivity contribution in [3.63, 3.8) is 0 Å². The van der Waals surface area contributed by atoms with Crippen LogP contribution in [0.1, 0.15) is 33.7 Å². The Morgan fingerprint density at radius 3 is 2.63 bits per heavy atom. The lowest BCUT2D eigenvalue weighted by Gasteiger charge is -2.11. The molecule has 0 bridgehead atoms. The summed E-state index contributed by atoms with van der Waals surface area (Å²) in [6.45, 7) is 6.15. The molecule has 0 atom stereocenters. The highest BCUT2D eigenvalue weighted by Crippen LogP contribution is 2.12. The molecule has 160 valence electrons. The van der Waals surface area contributed by atoms with Crippen LogP contribution in [0, 0.1) is 6.92 Å². The van der Waals surface area contributed by atoms with Gasteiger partial charge in [0.2, 0.25) is 0 Å². The minimum absolute atomic E-state index is 0. The maximum atomic E-state index is 12.0. The Morgan fingerprint density at radius 1 is 1.20 bits per heavy atom. The van der Waals surface area contributed by atoms with Gasteiger partial charge in [-0.15, -0.1) is 35.3 Å². The molecule has 2 heterocycles. The fraction of sp³-hybridized carbons (Fsp3) is 0.286. The number of rotatable bonds is 8. The Balaban J connectivity index is 0.00000320. The monoisotopic (exact) mass is 539 g/mol. The third kappa shape index (κ3) is 7.45. The van der Waals surface area contributed by atoms with E-state index in [2.05, 4.69) is 31.3 Å². The van der Waals surface area contributed by atoms with E-state index in [0.29, 0.717) is 12.2 Å². The number of benzene rings is 1. The van der Waals surface area contributed by atoms with Crippen molar-refractivity contribution in [3.8, 4) is 0 Å². The van der Waals surface area contributed by atoms with Crippen LogP contribution in [-0.2, 0) is 13.0 Å². The summed E-state index contributed by atoms with van der Waals surface area (Å²) < 4.78 is 5.09. The van der Waals surface area contributed by atoms with Crippen molar-refractivity contribution < 1.29 is 9.21 Å². The van der Waals surface area contributed by atoms with E-state index in [0.717, 1.165) is 41.7 Å². The number of carbonyl (C=O) groups is 1. The summed E-state index contributed by atoms with van der Waals surface area (Å²) in [5.74, 6) is 0.789. The highest BCUT2D eigenvalue weighted by atomic mass is 127. The summed E-state index contributed by atoms with van der Waals surface area (Å²) in [6, 6.07) is 10.9. The summed E-state index contributed by atoms with van der Waals surface area (Å²) in [4.78, 5) is 21.1. The fourth-order valence-corrected chi connectivity index (χ4v) is 3.29. The molecule has 0 saturated heterocycles. The van der Waals surface area contributed by atoms with Crippen molar-refractivity contribution in [1.29, 1.82) is 0 Å². The van der Waals surface area contributed by atoms with Gasteiger partial charge in [0.1, 0.15) is 0 Å². The zero-order valence-corrected chi connectivity index (χ0v) is 20.1. The van der Waals surface area contributed by atoms with Crippen molar-refractivity contribution in [1.82, 2.24) is 15.6 Å². The van der Waals surface area contributed by atoms with Gasteiger partial charge in [-0.1, -0.05) is 12.1 Å². The molecule has 3 aromatic rings. The molecular weight excluding hydrogens is 513 g/mol. The van der Waals surface area contributed by atoms with E-state index in [-0.39, 0.29) is 35.6 Å². The second-order valence-electron chi connectivity index (χ2n) is 6.36. The van der Waals surface area contributed by atoms with E-state index in [9.17, 15) is 4.79 Å². The van der Waals surface area contributed by atoms with Gasteiger partial charge in [-0.3, -0.25) is 4.79 Å². The second-order valence-corrected chi connectivity index (χ2v) is 7.42. The van der Waals surface area contributed by atoms with E-state index in [1.165, 1.54) is 6.26 Å².